The van der Waals surface area contributed by atoms with Crippen molar-refractivity contribution in [2.75, 3.05) is 5.32 Å². The SMILES string of the molecule is Cc1c(Cl)ccc2sc(NC(=O)c3ccc([N+](=O)[O-])cc3)nc12. The molecule has 0 saturated heterocycles. The third-order valence-electron chi connectivity index (χ3n) is 3.31. The van der Waals surface area contributed by atoms with Gasteiger partial charge in [-0.15, -0.1) is 0 Å². The van der Waals surface area contributed by atoms with Gasteiger partial charge in [0.2, 0.25) is 0 Å². The number of carbonyl (C=O) groups excluding carboxylic acids is 1. The second-order valence-electron chi connectivity index (χ2n) is 4.80. The number of fused-ring (bicyclic) bond motifs is 1. The molecule has 1 aromatic heterocycles. The zero-order valence-electron chi connectivity index (χ0n) is 11.9. The van der Waals surface area contributed by atoms with Crippen molar-refractivity contribution in [2.45, 2.75) is 6.92 Å². The molecule has 0 aliphatic carbocycles. The number of thiazole rings is 1. The third kappa shape index (κ3) is 3.01. The molecule has 1 N–H and O–H groups in total. The highest BCUT2D eigenvalue weighted by Crippen LogP contribution is 2.31. The molecule has 0 spiro atoms. The lowest BCUT2D eigenvalue weighted by Crippen LogP contribution is -2.11. The van der Waals surface area contributed by atoms with Gasteiger partial charge >= 0.3 is 0 Å². The molecule has 2 aromatic carbocycles. The third-order valence-corrected chi connectivity index (χ3v) is 4.65. The summed E-state index contributed by atoms with van der Waals surface area (Å²) in [5.41, 5.74) is 1.87. The zero-order chi connectivity index (χ0) is 16.6. The van der Waals surface area contributed by atoms with E-state index in [1.165, 1.54) is 35.6 Å². The number of nitrogens with one attached hydrogen (secondary N) is 1. The Morgan fingerprint density at radius 1 is 1.26 bits per heavy atom. The number of nitro benzene ring substituents is 1. The number of hydrogen-bond donors (Lipinski definition) is 1. The number of benzene rings is 2. The lowest BCUT2D eigenvalue weighted by molar-refractivity contribution is -0.384. The second kappa shape index (κ2) is 5.94. The van der Waals surface area contributed by atoms with Crippen LogP contribution in [-0.2, 0) is 0 Å². The molecule has 0 saturated carbocycles. The van der Waals surface area contributed by atoms with Gasteiger partial charge in [-0.05, 0) is 36.8 Å². The number of halogens is 1. The highest BCUT2D eigenvalue weighted by molar-refractivity contribution is 7.22. The van der Waals surface area contributed by atoms with Crippen LogP contribution in [0.4, 0.5) is 10.8 Å². The molecule has 0 fully saturated rings. The first kappa shape index (κ1) is 15.4. The lowest BCUT2D eigenvalue weighted by atomic mass is 10.2. The maximum Gasteiger partial charge on any atom is 0.269 e. The van der Waals surface area contributed by atoms with Crippen molar-refractivity contribution in [2.24, 2.45) is 0 Å². The summed E-state index contributed by atoms with van der Waals surface area (Å²) in [7, 11) is 0. The van der Waals surface area contributed by atoms with Gasteiger partial charge in [-0.1, -0.05) is 22.9 Å². The highest BCUT2D eigenvalue weighted by Gasteiger charge is 2.13. The van der Waals surface area contributed by atoms with Gasteiger partial charge in [0, 0.05) is 22.7 Å². The Morgan fingerprint density at radius 3 is 2.61 bits per heavy atom. The van der Waals surface area contributed by atoms with E-state index >= 15 is 0 Å². The van der Waals surface area contributed by atoms with Crippen LogP contribution in [0.3, 0.4) is 0 Å². The fourth-order valence-corrected chi connectivity index (χ4v) is 3.13. The van der Waals surface area contributed by atoms with E-state index in [2.05, 4.69) is 10.3 Å². The molecule has 0 aliphatic rings. The molecule has 0 aliphatic heterocycles. The van der Waals surface area contributed by atoms with Crippen molar-refractivity contribution in [1.82, 2.24) is 4.98 Å². The molecule has 1 heterocycles. The average Bonchev–Trinajstić information content (AvgIpc) is 2.94. The molecular weight excluding hydrogens is 338 g/mol. The number of aryl methyl sites for hydroxylation is 1. The summed E-state index contributed by atoms with van der Waals surface area (Å²) < 4.78 is 0.922. The van der Waals surface area contributed by atoms with E-state index < -0.39 is 4.92 Å². The number of aromatic nitrogens is 1. The van der Waals surface area contributed by atoms with E-state index in [9.17, 15) is 14.9 Å². The molecule has 0 atom stereocenters. The number of nitrogens with zero attached hydrogens (tertiary/aromatic N) is 2. The quantitative estimate of drug-likeness (QED) is 0.561. The normalized spacial score (nSPS) is 10.7. The van der Waals surface area contributed by atoms with E-state index in [-0.39, 0.29) is 11.6 Å². The van der Waals surface area contributed by atoms with Crippen LogP contribution in [0.5, 0.6) is 0 Å². The van der Waals surface area contributed by atoms with Crippen molar-refractivity contribution >= 4 is 49.9 Å². The summed E-state index contributed by atoms with van der Waals surface area (Å²) in [5, 5.41) is 14.4. The summed E-state index contributed by atoms with van der Waals surface area (Å²) >= 11 is 7.40. The molecule has 8 heteroatoms. The van der Waals surface area contributed by atoms with Crippen LogP contribution in [0, 0.1) is 17.0 Å². The molecule has 116 valence electrons. The van der Waals surface area contributed by atoms with Crippen molar-refractivity contribution in [3.63, 3.8) is 0 Å². The smallest absolute Gasteiger partial charge is 0.269 e. The maximum absolute atomic E-state index is 12.2. The Kier molecular flexibility index (Phi) is 3.97. The Morgan fingerprint density at radius 2 is 1.96 bits per heavy atom. The first-order chi connectivity index (χ1) is 11.0. The van der Waals surface area contributed by atoms with E-state index in [1.54, 1.807) is 6.07 Å². The van der Waals surface area contributed by atoms with Gasteiger partial charge in [0.25, 0.3) is 11.6 Å². The lowest BCUT2D eigenvalue weighted by Gasteiger charge is -2.01. The first-order valence-corrected chi connectivity index (χ1v) is 7.76. The summed E-state index contributed by atoms with van der Waals surface area (Å²) in [6, 6.07) is 9.03. The second-order valence-corrected chi connectivity index (χ2v) is 6.23. The van der Waals surface area contributed by atoms with Crippen molar-refractivity contribution in [3.05, 3.63) is 62.7 Å². The number of nitro groups is 1. The van der Waals surface area contributed by atoms with Crippen LogP contribution < -0.4 is 5.32 Å². The minimum Gasteiger partial charge on any atom is -0.298 e. The standard InChI is InChI=1S/C15H10ClN3O3S/c1-8-11(16)6-7-12-13(8)17-15(23-12)18-14(20)9-2-4-10(5-3-9)19(21)22/h2-7H,1H3,(H,17,18,20). The fourth-order valence-electron chi connectivity index (χ4n) is 2.06. The molecular formula is C15H10ClN3O3S. The number of amides is 1. The number of hydrogen-bond acceptors (Lipinski definition) is 5. The molecule has 0 bridgehead atoms. The van der Waals surface area contributed by atoms with E-state index in [4.69, 9.17) is 11.6 Å². The topological polar surface area (TPSA) is 85.1 Å². The van der Waals surface area contributed by atoms with Crippen molar-refractivity contribution in [3.8, 4) is 0 Å². The van der Waals surface area contributed by atoms with Gasteiger partial charge in [-0.25, -0.2) is 4.98 Å². The van der Waals surface area contributed by atoms with Crippen LogP contribution in [0.25, 0.3) is 10.2 Å². The van der Waals surface area contributed by atoms with Crippen molar-refractivity contribution < 1.29 is 9.72 Å². The minimum absolute atomic E-state index is 0.0631. The molecule has 3 aromatic rings. The Balaban J connectivity index is 1.85. The predicted molar refractivity (Wildman–Crippen MR) is 90.4 cm³/mol. The number of rotatable bonds is 3. The highest BCUT2D eigenvalue weighted by atomic mass is 35.5. The average molecular weight is 348 g/mol. The van der Waals surface area contributed by atoms with Crippen LogP contribution in [0.1, 0.15) is 15.9 Å². The summed E-state index contributed by atoms with van der Waals surface area (Å²) in [6.45, 7) is 1.87. The largest absolute Gasteiger partial charge is 0.298 e. The molecule has 1 amide bonds. The van der Waals surface area contributed by atoms with Crippen LogP contribution in [0.15, 0.2) is 36.4 Å². The van der Waals surface area contributed by atoms with Gasteiger partial charge in [0.15, 0.2) is 5.13 Å². The van der Waals surface area contributed by atoms with Crippen LogP contribution in [0.2, 0.25) is 5.02 Å². The summed E-state index contributed by atoms with van der Waals surface area (Å²) in [5.74, 6) is -0.372. The molecule has 3 rings (SSSR count). The number of anilines is 1. The van der Waals surface area contributed by atoms with E-state index in [0.29, 0.717) is 15.7 Å². The molecule has 0 radical (unpaired) electrons. The van der Waals surface area contributed by atoms with Gasteiger partial charge in [-0.3, -0.25) is 20.2 Å². The maximum atomic E-state index is 12.2. The fraction of sp³-hybridized carbons (Fsp3) is 0.0667. The molecule has 6 nitrogen and oxygen atoms in total. The summed E-state index contributed by atoms with van der Waals surface area (Å²) in [6.07, 6.45) is 0. The number of non-ortho nitro benzene ring substituents is 1. The monoisotopic (exact) mass is 347 g/mol. The minimum atomic E-state index is -0.512. The Bertz CT molecular complexity index is 922. The predicted octanol–water partition coefficient (Wildman–Crippen LogP) is 4.42. The molecule has 0 unspecified atom stereocenters. The Labute approximate surface area is 139 Å². The summed E-state index contributed by atoms with van der Waals surface area (Å²) in [4.78, 5) is 26.7. The van der Waals surface area contributed by atoms with Gasteiger partial charge < -0.3 is 0 Å². The van der Waals surface area contributed by atoms with Crippen LogP contribution in [-0.4, -0.2) is 15.8 Å². The van der Waals surface area contributed by atoms with E-state index in [1.807, 2.05) is 13.0 Å². The van der Waals surface area contributed by atoms with Gasteiger partial charge in [-0.2, -0.15) is 0 Å². The van der Waals surface area contributed by atoms with Crippen molar-refractivity contribution in [1.29, 1.82) is 0 Å². The van der Waals surface area contributed by atoms with Gasteiger partial charge in [0.1, 0.15) is 0 Å². The van der Waals surface area contributed by atoms with Crippen LogP contribution >= 0.6 is 22.9 Å². The first-order valence-electron chi connectivity index (χ1n) is 6.57. The molecule has 23 heavy (non-hydrogen) atoms. The Hall–Kier alpha value is -2.51. The number of carbonyl (C=O) groups is 1. The zero-order valence-corrected chi connectivity index (χ0v) is 13.4. The van der Waals surface area contributed by atoms with Gasteiger partial charge in [0.05, 0.1) is 15.1 Å². The van der Waals surface area contributed by atoms with E-state index in [0.717, 1.165) is 15.8 Å².